The molecule has 0 aliphatic heterocycles. The normalized spacial score (nSPS) is 16.5. The summed E-state index contributed by atoms with van der Waals surface area (Å²) < 4.78 is 28.3. The number of nitrogens with one attached hydrogen (secondary N) is 1. The van der Waals surface area contributed by atoms with Gasteiger partial charge < -0.3 is 15.5 Å². The molecule has 3 rings (SSSR count). The fraction of sp³-hybridized carbons (Fsp3) is 0.435. The molecule has 0 bridgehead atoms. The molecule has 1 aliphatic rings. The average molecular weight is 508 g/mol. The maximum Gasteiger partial charge on any atom is 0.404 e. The van der Waals surface area contributed by atoms with Crippen molar-refractivity contribution in [3.63, 3.8) is 0 Å². The highest BCUT2D eigenvalue weighted by atomic mass is 32.2. The lowest BCUT2D eigenvalue weighted by atomic mass is 9.98. The van der Waals surface area contributed by atoms with Crippen LogP contribution in [-0.4, -0.2) is 58.9 Å². The number of aliphatic hydroxyl groups excluding tert-OH is 1. The first-order valence-corrected chi connectivity index (χ1v) is 12.8. The quantitative estimate of drug-likeness (QED) is 0.309. The summed E-state index contributed by atoms with van der Waals surface area (Å²) in [5, 5.41) is 33.3. The summed E-state index contributed by atoms with van der Waals surface area (Å²) in [5.41, 5.74) is 0.287. The van der Waals surface area contributed by atoms with Gasteiger partial charge in [0.2, 0.25) is 0 Å². The van der Waals surface area contributed by atoms with Crippen LogP contribution >= 0.6 is 0 Å². The number of carboxylic acid groups (broad SMARTS) is 1. The summed E-state index contributed by atoms with van der Waals surface area (Å²) in [6, 6.07) is 12.2. The number of carbonyl (C=O) groups is 1. The highest BCUT2D eigenvalue weighted by Gasteiger charge is 2.39. The number of hydrogen-bond acceptors (Lipinski definition) is 7. The topological polar surface area (TPSA) is 159 Å². The Kier molecular flexibility index (Phi) is 9.15. The smallest absolute Gasteiger partial charge is 0.404 e. The van der Waals surface area contributed by atoms with Crippen LogP contribution in [0.4, 0.5) is 10.5 Å². The number of hydroxylamine groups is 1. The van der Waals surface area contributed by atoms with Crippen molar-refractivity contribution in [2.75, 3.05) is 6.54 Å². The van der Waals surface area contributed by atoms with Crippen LogP contribution in [0.5, 0.6) is 0 Å². The second-order valence-electron chi connectivity index (χ2n) is 8.39. The summed E-state index contributed by atoms with van der Waals surface area (Å²) in [4.78, 5) is 27.3. The van der Waals surface area contributed by atoms with Gasteiger partial charge in [-0.05, 0) is 30.9 Å². The molecule has 2 unspecified atom stereocenters. The van der Waals surface area contributed by atoms with E-state index in [0.29, 0.717) is 18.4 Å². The monoisotopic (exact) mass is 507 g/mol. The van der Waals surface area contributed by atoms with Crippen LogP contribution in [0.3, 0.4) is 0 Å². The van der Waals surface area contributed by atoms with E-state index >= 15 is 0 Å². The molecule has 0 radical (unpaired) electrons. The Hall–Kier alpha value is -3.06. The number of sulfonamides is 1. The van der Waals surface area contributed by atoms with Gasteiger partial charge in [0.25, 0.3) is 15.7 Å². The molecule has 0 heterocycles. The van der Waals surface area contributed by atoms with E-state index in [1.807, 2.05) is 0 Å². The van der Waals surface area contributed by atoms with E-state index < -0.39 is 51.5 Å². The standard InChI is InChI=1S/C23H29N3O8S/c27-22(16-24-23(28)29)21(14-17-8-3-1-4-9-17)26(34-19-11-5-2-6-12-19)35(32,33)20-13-7-10-18(15-20)25(30)31/h1,3-4,7-10,13,15,19,21-22,24,27H,2,5-6,11-12,14,16H2,(H,28,29). The van der Waals surface area contributed by atoms with E-state index in [1.54, 1.807) is 30.3 Å². The van der Waals surface area contributed by atoms with Crippen molar-refractivity contribution in [1.82, 2.24) is 9.79 Å². The number of nitro benzene ring substituents is 1. The maximum absolute atomic E-state index is 13.8. The average Bonchev–Trinajstić information content (AvgIpc) is 2.86. The molecular formula is C23H29N3O8S. The predicted molar refractivity (Wildman–Crippen MR) is 126 cm³/mol. The van der Waals surface area contributed by atoms with Crippen LogP contribution in [-0.2, 0) is 21.3 Å². The molecule has 3 N–H and O–H groups in total. The van der Waals surface area contributed by atoms with E-state index in [-0.39, 0.29) is 11.3 Å². The van der Waals surface area contributed by atoms with Crippen LogP contribution in [0.15, 0.2) is 59.5 Å². The zero-order valence-corrected chi connectivity index (χ0v) is 19.8. The van der Waals surface area contributed by atoms with Gasteiger partial charge in [0.05, 0.1) is 28.1 Å². The number of nitrogens with zero attached hydrogens (tertiary/aromatic N) is 2. The third-order valence-corrected chi connectivity index (χ3v) is 7.51. The zero-order valence-electron chi connectivity index (χ0n) is 19.0. The van der Waals surface area contributed by atoms with Gasteiger partial charge in [0.15, 0.2) is 0 Å². The van der Waals surface area contributed by atoms with Gasteiger partial charge in [-0.2, -0.15) is 0 Å². The Morgan fingerprint density at radius 1 is 1.14 bits per heavy atom. The van der Waals surface area contributed by atoms with E-state index in [1.165, 1.54) is 18.2 Å². The third kappa shape index (κ3) is 7.21. The number of non-ortho nitro benzene ring substituents is 1. The number of hydrogen-bond donors (Lipinski definition) is 3. The summed E-state index contributed by atoms with van der Waals surface area (Å²) in [6.07, 6.45) is 0.664. The van der Waals surface area contributed by atoms with Crippen molar-refractivity contribution in [2.45, 2.75) is 61.7 Å². The highest BCUT2D eigenvalue weighted by Crippen LogP contribution is 2.29. The maximum atomic E-state index is 13.8. The Morgan fingerprint density at radius 3 is 2.46 bits per heavy atom. The molecule has 2 aromatic rings. The minimum atomic E-state index is -4.49. The van der Waals surface area contributed by atoms with Gasteiger partial charge >= 0.3 is 6.09 Å². The number of benzene rings is 2. The minimum Gasteiger partial charge on any atom is -0.465 e. The number of nitro groups is 1. The molecule has 0 spiro atoms. The lowest BCUT2D eigenvalue weighted by molar-refractivity contribution is -0.385. The second-order valence-corrected chi connectivity index (χ2v) is 10.2. The van der Waals surface area contributed by atoms with Crippen molar-refractivity contribution in [1.29, 1.82) is 0 Å². The zero-order chi connectivity index (χ0) is 25.4. The van der Waals surface area contributed by atoms with Gasteiger partial charge in [0, 0.05) is 18.7 Å². The number of aliphatic hydroxyl groups is 1. The van der Waals surface area contributed by atoms with Crippen LogP contribution in [0.2, 0.25) is 0 Å². The Morgan fingerprint density at radius 2 is 1.83 bits per heavy atom. The molecular weight excluding hydrogens is 478 g/mol. The summed E-state index contributed by atoms with van der Waals surface area (Å²) >= 11 is 0. The lowest BCUT2D eigenvalue weighted by Crippen LogP contribution is -2.53. The third-order valence-electron chi connectivity index (χ3n) is 5.83. The first kappa shape index (κ1) is 26.5. The molecule has 0 aromatic heterocycles. The van der Waals surface area contributed by atoms with Gasteiger partial charge in [-0.15, -0.1) is 0 Å². The Labute approximate surface area is 203 Å². The number of rotatable bonds is 11. The van der Waals surface area contributed by atoms with Crippen molar-refractivity contribution < 1.29 is 33.2 Å². The molecule has 11 nitrogen and oxygen atoms in total. The molecule has 35 heavy (non-hydrogen) atoms. The van der Waals surface area contributed by atoms with Crippen molar-refractivity contribution in [3.05, 3.63) is 70.3 Å². The molecule has 1 aliphatic carbocycles. The summed E-state index contributed by atoms with van der Waals surface area (Å²) in [5.74, 6) is 0. The molecule has 0 saturated heterocycles. The first-order chi connectivity index (χ1) is 16.7. The molecule has 2 atom stereocenters. The van der Waals surface area contributed by atoms with E-state index in [0.717, 1.165) is 29.8 Å². The Balaban J connectivity index is 2.05. The molecule has 2 aromatic carbocycles. The molecule has 12 heteroatoms. The highest BCUT2D eigenvalue weighted by molar-refractivity contribution is 7.89. The first-order valence-electron chi connectivity index (χ1n) is 11.3. The van der Waals surface area contributed by atoms with Crippen molar-refractivity contribution in [2.24, 2.45) is 0 Å². The predicted octanol–water partition coefficient (Wildman–Crippen LogP) is 3.09. The fourth-order valence-corrected chi connectivity index (χ4v) is 5.56. The largest absolute Gasteiger partial charge is 0.465 e. The van der Waals surface area contributed by atoms with Gasteiger partial charge in [-0.1, -0.05) is 60.1 Å². The van der Waals surface area contributed by atoms with Crippen LogP contribution in [0, 0.1) is 10.1 Å². The Bertz CT molecular complexity index is 1110. The van der Waals surface area contributed by atoms with Gasteiger partial charge in [-0.25, -0.2) is 13.2 Å². The molecule has 1 amide bonds. The SMILES string of the molecule is O=C(O)NCC(O)C(Cc1ccccc1)N(OC1CCCCC1)S(=O)(=O)c1cccc([N+](=O)[O-])c1. The van der Waals surface area contributed by atoms with Gasteiger partial charge in [-0.3, -0.25) is 15.0 Å². The van der Waals surface area contributed by atoms with Crippen LogP contribution in [0.25, 0.3) is 0 Å². The van der Waals surface area contributed by atoms with E-state index in [2.05, 4.69) is 5.32 Å². The summed E-state index contributed by atoms with van der Waals surface area (Å²) in [7, 11) is -4.49. The molecule has 1 fully saturated rings. The van der Waals surface area contributed by atoms with Crippen molar-refractivity contribution in [3.8, 4) is 0 Å². The van der Waals surface area contributed by atoms with Crippen molar-refractivity contribution >= 4 is 21.8 Å². The fourth-order valence-electron chi connectivity index (χ4n) is 4.03. The van der Waals surface area contributed by atoms with Gasteiger partial charge in [0.1, 0.15) is 0 Å². The second kappa shape index (κ2) is 12.1. The summed E-state index contributed by atoms with van der Waals surface area (Å²) in [6.45, 7) is -0.443. The van der Waals surface area contributed by atoms with Crippen LogP contribution < -0.4 is 5.32 Å². The van der Waals surface area contributed by atoms with E-state index in [9.17, 15) is 28.4 Å². The molecule has 190 valence electrons. The minimum absolute atomic E-state index is 0.0180. The van der Waals surface area contributed by atoms with Crippen LogP contribution in [0.1, 0.15) is 37.7 Å². The number of amides is 1. The van der Waals surface area contributed by atoms with E-state index in [4.69, 9.17) is 9.94 Å². The molecule has 1 saturated carbocycles. The lowest BCUT2D eigenvalue weighted by Gasteiger charge is -2.36.